The van der Waals surface area contributed by atoms with Gasteiger partial charge in [-0.3, -0.25) is 14.4 Å². The van der Waals surface area contributed by atoms with Crippen LogP contribution < -0.4 is 15.4 Å². The zero-order chi connectivity index (χ0) is 26.2. The number of aliphatic carboxylic acids is 1. The number of carbonyl (C=O) groups excluding carboxylic acids is 2. The summed E-state index contributed by atoms with van der Waals surface area (Å²) in [5.41, 5.74) is -0.544. The highest BCUT2D eigenvalue weighted by atomic mass is 32.2. The summed E-state index contributed by atoms with van der Waals surface area (Å²) in [6.07, 6.45) is 8.43. The molecule has 0 aromatic carbocycles. The van der Waals surface area contributed by atoms with Gasteiger partial charge in [0.1, 0.15) is 11.5 Å². The topological polar surface area (TPSA) is 131 Å². The Morgan fingerprint density at radius 3 is 2.35 bits per heavy atom. The highest BCUT2D eigenvalue weighted by Crippen LogP contribution is 2.53. The first-order chi connectivity index (χ1) is 17.7. The van der Waals surface area contributed by atoms with Crippen molar-refractivity contribution in [1.82, 2.24) is 15.8 Å². The summed E-state index contributed by atoms with van der Waals surface area (Å²) in [4.78, 5) is 37.1. The molecule has 0 unspecified atom stereocenters. The molecule has 0 spiro atoms. The van der Waals surface area contributed by atoms with E-state index in [1.807, 2.05) is 0 Å². The van der Waals surface area contributed by atoms with Crippen LogP contribution in [-0.4, -0.2) is 52.0 Å². The van der Waals surface area contributed by atoms with Crippen LogP contribution in [0, 0.1) is 29.6 Å². The zero-order valence-electron chi connectivity index (χ0n) is 21.8. The number of hydrogen-bond donors (Lipinski definition) is 3. The summed E-state index contributed by atoms with van der Waals surface area (Å²) in [6.45, 7) is 4.43. The van der Waals surface area contributed by atoms with Crippen molar-refractivity contribution in [2.24, 2.45) is 29.6 Å². The summed E-state index contributed by atoms with van der Waals surface area (Å²) in [7, 11) is 0. The molecule has 1 aromatic rings. The van der Waals surface area contributed by atoms with E-state index in [4.69, 9.17) is 14.4 Å². The number of carboxylic acids is 1. The van der Waals surface area contributed by atoms with Gasteiger partial charge in [-0.05, 0) is 86.1 Å². The van der Waals surface area contributed by atoms with E-state index in [-0.39, 0.29) is 48.9 Å². The van der Waals surface area contributed by atoms with Crippen molar-refractivity contribution in [2.45, 2.75) is 94.5 Å². The summed E-state index contributed by atoms with van der Waals surface area (Å²) in [5.74, 6) is 2.97. The Morgan fingerprint density at radius 1 is 1.11 bits per heavy atom. The lowest BCUT2D eigenvalue weighted by molar-refractivity contribution is -0.139. The predicted octanol–water partition coefficient (Wildman–Crippen LogP) is 4.26. The third-order valence-electron chi connectivity index (χ3n) is 8.68. The number of nitrogens with zero attached hydrogens (tertiary/aromatic N) is 1. The SMILES string of the molecule is CC(C)CSc1c(OCC2(NC(=O)CCC(=O)O)CCC2)noc1C(=O)NC1C2CC3CC(C2)CC1C3. The lowest BCUT2D eigenvalue weighted by Crippen LogP contribution is -2.57. The number of nitrogens with one attached hydrogen (secondary N) is 2. The molecule has 1 aromatic heterocycles. The second-order valence-electron chi connectivity index (χ2n) is 12.1. The molecule has 1 heterocycles. The van der Waals surface area contributed by atoms with E-state index in [0.717, 1.165) is 36.9 Å². The molecule has 0 aliphatic heterocycles. The first-order valence-electron chi connectivity index (χ1n) is 13.8. The largest absolute Gasteiger partial charge is 0.481 e. The molecule has 0 atom stereocenters. The molecule has 37 heavy (non-hydrogen) atoms. The molecule has 5 aliphatic carbocycles. The number of carbonyl (C=O) groups is 3. The van der Waals surface area contributed by atoms with E-state index in [1.54, 1.807) is 0 Å². The van der Waals surface area contributed by atoms with Gasteiger partial charge in [0.2, 0.25) is 11.7 Å². The number of ether oxygens (including phenoxy) is 1. The lowest BCUT2D eigenvalue weighted by atomic mass is 9.54. The monoisotopic (exact) mass is 533 g/mol. The fourth-order valence-corrected chi connectivity index (χ4v) is 7.93. The molecule has 2 amide bonds. The molecule has 5 aliphatic rings. The average Bonchev–Trinajstić information content (AvgIpc) is 3.22. The van der Waals surface area contributed by atoms with Gasteiger partial charge in [-0.15, -0.1) is 11.8 Å². The maximum absolute atomic E-state index is 13.4. The number of thioether (sulfide) groups is 1. The first-order valence-corrected chi connectivity index (χ1v) is 14.8. The van der Waals surface area contributed by atoms with Crippen LogP contribution in [0.1, 0.15) is 88.6 Å². The Morgan fingerprint density at radius 2 is 1.78 bits per heavy atom. The Labute approximate surface area is 222 Å². The first kappa shape index (κ1) is 26.4. The van der Waals surface area contributed by atoms with Gasteiger partial charge in [0.15, 0.2) is 0 Å². The molecule has 6 rings (SSSR count). The van der Waals surface area contributed by atoms with Crippen LogP contribution in [-0.2, 0) is 9.59 Å². The minimum atomic E-state index is -0.997. The quantitative estimate of drug-likeness (QED) is 0.340. The van der Waals surface area contributed by atoms with E-state index in [1.165, 1.54) is 43.9 Å². The van der Waals surface area contributed by atoms with Crippen molar-refractivity contribution in [3.05, 3.63) is 5.76 Å². The molecule has 3 N–H and O–H groups in total. The van der Waals surface area contributed by atoms with Crippen LogP contribution >= 0.6 is 11.8 Å². The van der Waals surface area contributed by atoms with Crippen LogP contribution in [0.2, 0.25) is 0 Å². The molecule has 0 saturated heterocycles. The van der Waals surface area contributed by atoms with Gasteiger partial charge >= 0.3 is 5.97 Å². The minimum Gasteiger partial charge on any atom is -0.481 e. The molecule has 0 radical (unpaired) electrons. The molecule has 9 nitrogen and oxygen atoms in total. The van der Waals surface area contributed by atoms with E-state index >= 15 is 0 Å². The average molecular weight is 534 g/mol. The van der Waals surface area contributed by atoms with Crippen LogP contribution in [0.5, 0.6) is 5.88 Å². The molecule has 5 fully saturated rings. The van der Waals surface area contributed by atoms with Gasteiger partial charge in [0.25, 0.3) is 11.8 Å². The van der Waals surface area contributed by atoms with E-state index in [0.29, 0.717) is 22.6 Å². The van der Waals surface area contributed by atoms with Gasteiger partial charge in [0, 0.05) is 18.2 Å². The second-order valence-corrected chi connectivity index (χ2v) is 13.2. The number of aromatic nitrogens is 1. The standard InChI is InChI=1S/C27H39N3O6S/c1-15(2)13-37-24-23(25(34)28-22-18-9-16-8-17(11-18)12-19(22)10-16)36-30-26(24)35-14-27(6-3-7-27)29-20(31)4-5-21(32)33/h15-19,22H,3-14H2,1-2H3,(H,28,34)(H,29,31)(H,32,33). The smallest absolute Gasteiger partial charge is 0.303 e. The summed E-state index contributed by atoms with van der Waals surface area (Å²) in [6, 6.07) is 0.206. The van der Waals surface area contributed by atoms with Crippen molar-refractivity contribution >= 4 is 29.5 Å². The van der Waals surface area contributed by atoms with Crippen LogP contribution in [0.25, 0.3) is 0 Å². The molecule has 5 saturated carbocycles. The van der Waals surface area contributed by atoms with Crippen LogP contribution in [0.15, 0.2) is 9.42 Å². The number of hydrogen-bond acceptors (Lipinski definition) is 7. The van der Waals surface area contributed by atoms with E-state index < -0.39 is 11.5 Å². The maximum atomic E-state index is 13.4. The van der Waals surface area contributed by atoms with Gasteiger partial charge < -0.3 is 25.0 Å². The van der Waals surface area contributed by atoms with Gasteiger partial charge in [-0.1, -0.05) is 13.8 Å². The zero-order valence-corrected chi connectivity index (χ0v) is 22.6. The minimum absolute atomic E-state index is 0.0640. The number of carboxylic acid groups (broad SMARTS) is 1. The fraction of sp³-hybridized carbons (Fsp3) is 0.778. The molecule has 4 bridgehead atoms. The Hall–Kier alpha value is -2.23. The summed E-state index contributed by atoms with van der Waals surface area (Å²) >= 11 is 1.51. The molecular formula is C27H39N3O6S. The van der Waals surface area contributed by atoms with Gasteiger partial charge in [0.05, 0.1) is 12.0 Å². The van der Waals surface area contributed by atoms with Crippen molar-refractivity contribution in [2.75, 3.05) is 12.4 Å². The molecular weight excluding hydrogens is 494 g/mol. The third-order valence-corrected chi connectivity index (χ3v) is 10.2. The highest BCUT2D eigenvalue weighted by molar-refractivity contribution is 7.99. The summed E-state index contributed by atoms with van der Waals surface area (Å²) in [5, 5.41) is 19.3. The maximum Gasteiger partial charge on any atom is 0.303 e. The summed E-state index contributed by atoms with van der Waals surface area (Å²) < 4.78 is 11.7. The Balaban J connectivity index is 1.25. The second kappa shape index (κ2) is 10.9. The Kier molecular flexibility index (Phi) is 7.75. The fourth-order valence-electron chi connectivity index (χ4n) is 6.95. The van der Waals surface area contributed by atoms with Crippen LogP contribution in [0.4, 0.5) is 0 Å². The van der Waals surface area contributed by atoms with Crippen molar-refractivity contribution in [3.8, 4) is 5.88 Å². The van der Waals surface area contributed by atoms with E-state index in [2.05, 4.69) is 29.6 Å². The third kappa shape index (κ3) is 5.94. The Bertz CT molecular complexity index is 992. The highest BCUT2D eigenvalue weighted by Gasteiger charge is 2.49. The number of amides is 2. The predicted molar refractivity (Wildman–Crippen MR) is 137 cm³/mol. The van der Waals surface area contributed by atoms with E-state index in [9.17, 15) is 14.4 Å². The van der Waals surface area contributed by atoms with Crippen molar-refractivity contribution < 1.29 is 28.8 Å². The van der Waals surface area contributed by atoms with Gasteiger partial charge in [-0.25, -0.2) is 0 Å². The van der Waals surface area contributed by atoms with Crippen molar-refractivity contribution in [3.63, 3.8) is 0 Å². The molecule has 204 valence electrons. The normalized spacial score (nSPS) is 29.1. The van der Waals surface area contributed by atoms with Crippen molar-refractivity contribution in [1.29, 1.82) is 0 Å². The number of rotatable bonds is 12. The van der Waals surface area contributed by atoms with Crippen LogP contribution in [0.3, 0.4) is 0 Å². The van der Waals surface area contributed by atoms with Gasteiger partial charge in [-0.2, -0.15) is 0 Å². The molecule has 10 heteroatoms. The lowest BCUT2D eigenvalue weighted by Gasteiger charge is -2.54.